The topological polar surface area (TPSA) is 72.7 Å². The van der Waals surface area contributed by atoms with E-state index in [-0.39, 0.29) is 16.7 Å². The van der Waals surface area contributed by atoms with E-state index < -0.39 is 5.25 Å². The van der Waals surface area contributed by atoms with E-state index in [9.17, 15) is 4.79 Å². The molecule has 27 heavy (non-hydrogen) atoms. The average Bonchev–Trinajstić information content (AvgIpc) is 2.97. The number of thioether (sulfide) groups is 1. The molecule has 0 radical (unpaired) electrons. The lowest BCUT2D eigenvalue weighted by Crippen LogP contribution is -2.23. The number of carbonyl (C=O) groups excluding carboxylic acids is 1. The van der Waals surface area contributed by atoms with Gasteiger partial charge in [0, 0.05) is 11.9 Å². The molecule has 1 unspecified atom stereocenters. The van der Waals surface area contributed by atoms with Gasteiger partial charge in [-0.25, -0.2) is 4.98 Å². The zero-order valence-corrected chi connectivity index (χ0v) is 17.2. The van der Waals surface area contributed by atoms with Gasteiger partial charge in [-0.2, -0.15) is 0 Å². The van der Waals surface area contributed by atoms with Crippen molar-refractivity contribution in [3.63, 3.8) is 0 Å². The molecule has 6 nitrogen and oxygen atoms in total. The highest BCUT2D eigenvalue weighted by atomic mass is 35.5. The van der Waals surface area contributed by atoms with Crippen LogP contribution in [0.15, 0.2) is 41.7 Å². The van der Waals surface area contributed by atoms with Crippen molar-refractivity contribution in [2.45, 2.75) is 31.2 Å². The molecule has 1 amide bonds. The molecule has 0 saturated carbocycles. The summed E-state index contributed by atoms with van der Waals surface area (Å²) in [7, 11) is 0. The first-order chi connectivity index (χ1) is 12.8. The Kier molecular flexibility index (Phi) is 6.04. The van der Waals surface area contributed by atoms with Crippen molar-refractivity contribution in [3.05, 3.63) is 58.0 Å². The van der Waals surface area contributed by atoms with E-state index in [0.29, 0.717) is 10.2 Å². The maximum atomic E-state index is 12.5. The van der Waals surface area contributed by atoms with Gasteiger partial charge in [-0.05, 0) is 44.5 Å². The highest BCUT2D eigenvalue weighted by molar-refractivity contribution is 8.00. The Morgan fingerprint density at radius 3 is 2.70 bits per heavy atom. The standard InChI is InChI=1S/C18H17Cl2N5OS/c1-10-5-4-6-14(7-10)25-12(3)23-24-18(25)27-11(2)17(26)22-16-15(20)8-13(19)9-21-16/h4-9,11H,1-3H3,(H,21,22,26). The first-order valence-electron chi connectivity index (χ1n) is 8.13. The summed E-state index contributed by atoms with van der Waals surface area (Å²) < 4.78 is 1.93. The van der Waals surface area contributed by atoms with Crippen molar-refractivity contribution in [2.75, 3.05) is 5.32 Å². The first-order valence-corrected chi connectivity index (χ1v) is 9.76. The van der Waals surface area contributed by atoms with Gasteiger partial charge in [-0.1, -0.05) is 47.1 Å². The van der Waals surface area contributed by atoms with Crippen molar-refractivity contribution < 1.29 is 4.79 Å². The van der Waals surface area contributed by atoms with E-state index in [4.69, 9.17) is 23.2 Å². The SMILES string of the molecule is Cc1cccc(-n2c(C)nnc2SC(C)C(=O)Nc2ncc(Cl)cc2Cl)c1. The molecule has 0 spiro atoms. The normalized spacial score (nSPS) is 12.0. The second-order valence-electron chi connectivity index (χ2n) is 5.94. The van der Waals surface area contributed by atoms with Crippen LogP contribution in [0.2, 0.25) is 10.0 Å². The van der Waals surface area contributed by atoms with Crippen LogP contribution >= 0.6 is 35.0 Å². The summed E-state index contributed by atoms with van der Waals surface area (Å²) in [4.78, 5) is 16.6. The summed E-state index contributed by atoms with van der Waals surface area (Å²) in [6.07, 6.45) is 1.43. The summed E-state index contributed by atoms with van der Waals surface area (Å²) in [5, 5.41) is 12.0. The number of rotatable bonds is 5. The van der Waals surface area contributed by atoms with Gasteiger partial charge in [-0.15, -0.1) is 10.2 Å². The van der Waals surface area contributed by atoms with Crippen LogP contribution in [0.5, 0.6) is 0 Å². The average molecular weight is 422 g/mol. The van der Waals surface area contributed by atoms with Crippen LogP contribution in [0.1, 0.15) is 18.3 Å². The number of benzene rings is 1. The molecule has 0 aliphatic rings. The monoisotopic (exact) mass is 421 g/mol. The molecular weight excluding hydrogens is 405 g/mol. The molecule has 3 aromatic rings. The Morgan fingerprint density at radius 1 is 1.22 bits per heavy atom. The Morgan fingerprint density at radius 2 is 2.00 bits per heavy atom. The molecule has 0 aliphatic carbocycles. The molecule has 0 fully saturated rings. The van der Waals surface area contributed by atoms with E-state index in [1.54, 1.807) is 6.92 Å². The lowest BCUT2D eigenvalue weighted by molar-refractivity contribution is -0.115. The van der Waals surface area contributed by atoms with Crippen molar-refractivity contribution in [2.24, 2.45) is 0 Å². The van der Waals surface area contributed by atoms with Gasteiger partial charge in [0.1, 0.15) is 5.82 Å². The van der Waals surface area contributed by atoms with Gasteiger partial charge < -0.3 is 5.32 Å². The van der Waals surface area contributed by atoms with Gasteiger partial charge in [-0.3, -0.25) is 9.36 Å². The van der Waals surface area contributed by atoms with Crippen LogP contribution in [0, 0.1) is 13.8 Å². The predicted molar refractivity (Wildman–Crippen MR) is 109 cm³/mol. The number of anilines is 1. The molecule has 2 aromatic heterocycles. The number of carbonyl (C=O) groups is 1. The number of pyridine rings is 1. The minimum atomic E-state index is -0.439. The third-order valence-electron chi connectivity index (χ3n) is 3.76. The lowest BCUT2D eigenvalue weighted by Gasteiger charge is -2.13. The first kappa shape index (κ1) is 19.7. The van der Waals surface area contributed by atoms with Gasteiger partial charge in [0.15, 0.2) is 11.0 Å². The Hall–Kier alpha value is -2.09. The minimum absolute atomic E-state index is 0.242. The van der Waals surface area contributed by atoms with Crippen LogP contribution in [-0.2, 0) is 4.79 Å². The van der Waals surface area contributed by atoms with Crippen LogP contribution < -0.4 is 5.32 Å². The molecule has 9 heteroatoms. The Labute approximate surface area is 171 Å². The maximum Gasteiger partial charge on any atom is 0.238 e. The number of aromatic nitrogens is 4. The number of halogens is 2. The van der Waals surface area contributed by atoms with E-state index >= 15 is 0 Å². The van der Waals surface area contributed by atoms with Crippen molar-refractivity contribution >= 4 is 46.7 Å². The zero-order valence-electron chi connectivity index (χ0n) is 14.9. The maximum absolute atomic E-state index is 12.5. The van der Waals surface area contributed by atoms with Crippen LogP contribution in [-0.4, -0.2) is 30.9 Å². The van der Waals surface area contributed by atoms with Crippen molar-refractivity contribution in [3.8, 4) is 5.69 Å². The van der Waals surface area contributed by atoms with E-state index in [0.717, 1.165) is 17.1 Å². The third kappa shape index (κ3) is 4.61. The van der Waals surface area contributed by atoms with Gasteiger partial charge in [0.25, 0.3) is 0 Å². The molecule has 1 N–H and O–H groups in total. The highest BCUT2D eigenvalue weighted by Gasteiger charge is 2.21. The van der Waals surface area contributed by atoms with E-state index in [2.05, 4.69) is 20.5 Å². The summed E-state index contributed by atoms with van der Waals surface area (Å²) in [6.45, 7) is 5.69. The fourth-order valence-electron chi connectivity index (χ4n) is 2.42. The second-order valence-corrected chi connectivity index (χ2v) is 8.09. The van der Waals surface area contributed by atoms with E-state index in [1.165, 1.54) is 24.0 Å². The second kappa shape index (κ2) is 8.29. The number of nitrogens with zero attached hydrogens (tertiary/aromatic N) is 4. The van der Waals surface area contributed by atoms with Gasteiger partial charge in [0.05, 0.1) is 15.3 Å². The van der Waals surface area contributed by atoms with Crippen molar-refractivity contribution in [1.82, 2.24) is 19.7 Å². The highest BCUT2D eigenvalue weighted by Crippen LogP contribution is 2.28. The minimum Gasteiger partial charge on any atom is -0.308 e. The summed E-state index contributed by atoms with van der Waals surface area (Å²) in [5.41, 5.74) is 2.08. The molecule has 0 bridgehead atoms. The van der Waals surface area contributed by atoms with Gasteiger partial charge >= 0.3 is 0 Å². The molecule has 1 aromatic carbocycles. The molecular formula is C18H17Cl2N5OS. The fourth-order valence-corrected chi connectivity index (χ4v) is 3.76. The molecule has 0 aliphatic heterocycles. The van der Waals surface area contributed by atoms with E-state index in [1.807, 2.05) is 42.7 Å². The van der Waals surface area contributed by atoms with Crippen molar-refractivity contribution in [1.29, 1.82) is 0 Å². The Bertz CT molecular complexity index is 992. The van der Waals surface area contributed by atoms with Crippen LogP contribution in [0.3, 0.4) is 0 Å². The molecule has 1 atom stereocenters. The number of aryl methyl sites for hydroxylation is 2. The quantitative estimate of drug-likeness (QED) is 0.604. The Balaban J connectivity index is 1.78. The molecule has 140 valence electrons. The molecule has 2 heterocycles. The predicted octanol–water partition coefficient (Wildman–Crippen LogP) is 4.71. The summed E-state index contributed by atoms with van der Waals surface area (Å²) in [6, 6.07) is 9.55. The number of nitrogens with one attached hydrogen (secondary N) is 1. The third-order valence-corrected chi connectivity index (χ3v) is 5.29. The lowest BCUT2D eigenvalue weighted by atomic mass is 10.2. The van der Waals surface area contributed by atoms with Crippen LogP contribution in [0.4, 0.5) is 5.82 Å². The fraction of sp³-hybridized carbons (Fsp3) is 0.222. The number of hydrogen-bond donors (Lipinski definition) is 1. The zero-order chi connectivity index (χ0) is 19.6. The molecule has 3 rings (SSSR count). The summed E-state index contributed by atoms with van der Waals surface area (Å²) >= 11 is 13.2. The summed E-state index contributed by atoms with van der Waals surface area (Å²) in [5.74, 6) is 0.779. The van der Waals surface area contributed by atoms with Crippen LogP contribution in [0.25, 0.3) is 5.69 Å². The molecule has 0 saturated heterocycles. The smallest absolute Gasteiger partial charge is 0.238 e. The largest absolute Gasteiger partial charge is 0.308 e. The number of hydrogen-bond acceptors (Lipinski definition) is 5. The van der Waals surface area contributed by atoms with Gasteiger partial charge in [0.2, 0.25) is 5.91 Å². The number of amides is 1.